The van der Waals surface area contributed by atoms with Crippen LogP contribution < -0.4 is 11.5 Å². The molecule has 0 atom stereocenters. The minimum atomic E-state index is -0.580. The lowest BCUT2D eigenvalue weighted by Crippen LogP contribution is -2.12. The van der Waals surface area contributed by atoms with Crippen molar-refractivity contribution in [2.45, 2.75) is 119 Å². The van der Waals surface area contributed by atoms with Gasteiger partial charge in [-0.05, 0) is 74.9 Å². The molecule has 0 saturated carbocycles. The molecule has 0 N–H and O–H groups in total. The first-order valence-corrected chi connectivity index (χ1v) is 35.1. The van der Waals surface area contributed by atoms with Gasteiger partial charge in [0.25, 0.3) is 0 Å². The first-order valence-electron chi connectivity index (χ1n) is 25.3. The summed E-state index contributed by atoms with van der Waals surface area (Å²) in [5.41, 5.74) is 0. The van der Waals surface area contributed by atoms with E-state index < -0.39 is 35.8 Å². The van der Waals surface area contributed by atoms with E-state index in [0.29, 0.717) is 79.4 Å². The SMILES string of the molecule is CCCCOC(=O)C1=C(C(=O)OCCCC)SC(=c2sc3c#cc4sc(=C5SC(C(=O)OCCCC)=C(C(=O)OCCCC)S5)sc4c#cc4sc(=C5SC(C(=O)OCCCC)=C(C(=O)OCCCC)S5)sc4c#cc3s2)S1. The molecule has 0 bridgehead atoms. The van der Waals surface area contributed by atoms with Crippen LogP contribution in [0.4, 0.5) is 0 Å². The molecule has 3 aliphatic heterocycles. The van der Waals surface area contributed by atoms with Gasteiger partial charge < -0.3 is 28.4 Å². The van der Waals surface area contributed by atoms with E-state index in [9.17, 15) is 28.8 Å². The molecule has 0 radical (unpaired) electrons. The average Bonchev–Trinajstić information content (AvgIpc) is 4.33. The van der Waals surface area contributed by atoms with Crippen molar-refractivity contribution >= 4 is 215 Å². The summed E-state index contributed by atoms with van der Waals surface area (Å²) < 4.78 is 42.0. The molecule has 0 spiro atoms. The van der Waals surface area contributed by atoms with Gasteiger partial charge in [-0.2, -0.15) is 0 Å². The fraction of sp³-hybridized carbons (Fsp3) is 0.444. The van der Waals surface area contributed by atoms with Gasteiger partial charge in [0, 0.05) is 0 Å². The highest BCUT2D eigenvalue weighted by molar-refractivity contribution is 8.37. The molecule has 4 aromatic rings. The van der Waals surface area contributed by atoms with Crippen LogP contribution in [0.15, 0.2) is 29.4 Å². The van der Waals surface area contributed by atoms with Crippen molar-refractivity contribution in [3.63, 3.8) is 0 Å². The molecule has 78 heavy (non-hydrogen) atoms. The van der Waals surface area contributed by atoms with Crippen LogP contribution in [-0.4, -0.2) is 75.5 Å². The first-order chi connectivity index (χ1) is 37.9. The second-order valence-electron chi connectivity index (χ2n) is 16.6. The van der Waals surface area contributed by atoms with Gasteiger partial charge in [-0.15, -0.1) is 68.0 Å². The van der Waals surface area contributed by atoms with Gasteiger partial charge in [-0.1, -0.05) is 151 Å². The van der Waals surface area contributed by atoms with Crippen molar-refractivity contribution in [2.24, 2.45) is 0 Å². The summed E-state index contributed by atoms with van der Waals surface area (Å²) >= 11 is 15.4. The lowest BCUT2D eigenvalue weighted by Gasteiger charge is -2.06. The zero-order valence-electron chi connectivity index (χ0n) is 43.5. The molecule has 0 saturated heterocycles. The Balaban J connectivity index is 1.40. The van der Waals surface area contributed by atoms with Gasteiger partial charge in [-0.3, -0.25) is 0 Å². The average molecular weight is 1280 g/mol. The van der Waals surface area contributed by atoms with Crippen LogP contribution in [0.5, 0.6) is 0 Å². The third-order valence-electron chi connectivity index (χ3n) is 10.4. The van der Waals surface area contributed by atoms with Crippen LogP contribution in [-0.2, 0) is 57.2 Å². The second kappa shape index (κ2) is 31.7. The molecule has 7 rings (SSSR count). The topological polar surface area (TPSA) is 158 Å². The van der Waals surface area contributed by atoms with E-state index >= 15 is 0 Å². The zero-order valence-corrected chi connectivity index (χ0v) is 53.3. The number of hydrogen-bond donors (Lipinski definition) is 0. The number of fused-ring (bicyclic) bond motifs is 3. The largest absolute Gasteiger partial charge is 0.462 e. The minimum absolute atomic E-state index is 0.180. The van der Waals surface area contributed by atoms with Crippen molar-refractivity contribution in [3.8, 4) is 0 Å². The van der Waals surface area contributed by atoms with Gasteiger partial charge in [-0.25, -0.2) is 28.8 Å². The number of unbranched alkanes of at least 4 members (excludes halogenated alkanes) is 6. The van der Waals surface area contributed by atoms with Crippen molar-refractivity contribution in [1.82, 2.24) is 0 Å². The maximum Gasteiger partial charge on any atom is 0.346 e. The molecule has 414 valence electrons. The van der Waals surface area contributed by atoms with Crippen LogP contribution in [0, 0.1) is 36.4 Å². The monoisotopic (exact) mass is 1280 g/mol. The van der Waals surface area contributed by atoms with Crippen molar-refractivity contribution in [3.05, 3.63) is 77.4 Å². The number of carbonyl (C=O) groups excluding carboxylic acids is 6. The highest BCUT2D eigenvalue weighted by Crippen LogP contribution is 2.53. The maximum absolute atomic E-state index is 13.5. The Morgan fingerprint density at radius 3 is 0.577 bits per heavy atom. The summed E-state index contributed by atoms with van der Waals surface area (Å²) in [6.45, 7) is 13.4. The summed E-state index contributed by atoms with van der Waals surface area (Å²) in [5.74, 6) is -3.48. The van der Waals surface area contributed by atoms with Crippen LogP contribution in [0.1, 0.15) is 119 Å². The molecular formula is C54H54O12S12. The van der Waals surface area contributed by atoms with Crippen LogP contribution >= 0.6 is 139 Å². The molecule has 0 unspecified atom stereocenters. The molecular weight excluding hydrogens is 1230 g/mol. The third-order valence-corrected chi connectivity index (χ3v) is 27.0. The van der Waals surface area contributed by atoms with E-state index in [1.807, 2.05) is 41.5 Å². The molecule has 6 heterocycles. The predicted octanol–water partition coefficient (Wildman–Crippen LogP) is 14.2. The summed E-state index contributed by atoms with van der Waals surface area (Å²) in [4.78, 5) is 82.3. The molecule has 3 aliphatic rings. The summed E-state index contributed by atoms with van der Waals surface area (Å²) in [5, 5.41) is 0. The van der Waals surface area contributed by atoms with E-state index in [0.717, 1.165) is 50.1 Å². The zero-order chi connectivity index (χ0) is 55.6. The van der Waals surface area contributed by atoms with Crippen molar-refractivity contribution < 1.29 is 57.2 Å². The van der Waals surface area contributed by atoms with Gasteiger partial charge in [0.15, 0.2) is 0 Å². The Hall–Kier alpha value is -3.42. The van der Waals surface area contributed by atoms with Crippen molar-refractivity contribution in [2.75, 3.05) is 39.6 Å². The lowest BCUT2D eigenvalue weighted by atomic mass is 10.3. The number of ether oxygens (including phenoxy) is 6. The molecule has 0 fully saturated rings. The normalized spacial score (nSPS) is 14.2. The number of rotatable bonds is 24. The Labute approximate surface area is 503 Å². The maximum atomic E-state index is 13.5. The van der Waals surface area contributed by atoms with Gasteiger partial charge >= 0.3 is 35.8 Å². The van der Waals surface area contributed by atoms with Crippen LogP contribution in [0.25, 0.3) is 40.9 Å². The quantitative estimate of drug-likeness (QED) is 0.0370. The molecule has 12 nitrogen and oxygen atoms in total. The minimum Gasteiger partial charge on any atom is -0.462 e. The van der Waals surface area contributed by atoms with E-state index in [-0.39, 0.29) is 69.1 Å². The Morgan fingerprint density at radius 1 is 0.282 bits per heavy atom. The van der Waals surface area contributed by atoms with Crippen molar-refractivity contribution in [1.29, 1.82) is 0 Å². The van der Waals surface area contributed by atoms with E-state index in [4.69, 9.17) is 28.4 Å². The Bertz CT molecular complexity index is 2780. The first kappa shape index (κ1) is 62.2. The summed E-state index contributed by atoms with van der Waals surface area (Å²) in [6, 6.07) is 20.4. The number of thioether (sulfide) groups is 6. The summed E-state index contributed by atoms with van der Waals surface area (Å²) in [7, 11) is 0. The second-order valence-corrected chi connectivity index (χ2v) is 30.4. The Kier molecular flexibility index (Phi) is 25.3. The van der Waals surface area contributed by atoms with Crippen LogP contribution in [0.3, 0.4) is 0 Å². The van der Waals surface area contributed by atoms with Gasteiger partial charge in [0.05, 0.1) is 52.4 Å². The standard InChI is InChI=1S/C54H54O12S12/c1-7-13-25-61-43(55)37-38(44(56)62-26-14-8-2)74-52(73-37)49-67-31-19-21-33-35(71-50(69-33)53-75-39(45(57)63-27-15-9-3)40(76-53)46(58)64-28-16-10-4)23-24-36-34(22-20-32(31)68-49)70-51(72-36)54-77-41(47(59)65-29-17-11-5)42(78-54)48(60)66-30-18-12-6/h7-18,25-30H2,1-6H3. The Morgan fingerprint density at radius 2 is 0.436 bits per heavy atom. The fourth-order valence-corrected chi connectivity index (χ4v) is 21.3. The van der Waals surface area contributed by atoms with Gasteiger partial charge in [0.1, 0.15) is 69.2 Å². The van der Waals surface area contributed by atoms with Gasteiger partial charge in [0.2, 0.25) is 0 Å². The molecule has 1 aromatic carbocycles. The number of hydrogen-bond acceptors (Lipinski definition) is 24. The van der Waals surface area contributed by atoms with Crippen LogP contribution in [0.2, 0.25) is 0 Å². The van der Waals surface area contributed by atoms with E-state index in [2.05, 4.69) is 36.4 Å². The highest BCUT2D eigenvalue weighted by Gasteiger charge is 2.36. The smallest absolute Gasteiger partial charge is 0.346 e. The molecule has 0 aliphatic carbocycles. The third kappa shape index (κ3) is 16.6. The predicted molar refractivity (Wildman–Crippen MR) is 330 cm³/mol. The molecule has 3 aromatic heterocycles. The highest BCUT2D eigenvalue weighted by atomic mass is 32.2. The molecule has 0 amide bonds. The lowest BCUT2D eigenvalue weighted by molar-refractivity contribution is -0.141. The number of carbonyl (C=O) groups is 6. The molecule has 24 heteroatoms. The summed E-state index contributed by atoms with van der Waals surface area (Å²) in [6.07, 6.45) is 9.11. The fourth-order valence-electron chi connectivity index (χ4n) is 6.18. The van der Waals surface area contributed by atoms with E-state index in [1.54, 1.807) is 0 Å². The number of esters is 6. The van der Waals surface area contributed by atoms with E-state index in [1.165, 1.54) is 139 Å².